The molecular formula is C9H18O4S. The van der Waals surface area contributed by atoms with Crippen LogP contribution in [0.4, 0.5) is 0 Å². The van der Waals surface area contributed by atoms with E-state index in [0.29, 0.717) is 12.8 Å². The van der Waals surface area contributed by atoms with Gasteiger partial charge >= 0.3 is 0 Å². The third kappa shape index (κ3) is 2.10. The summed E-state index contributed by atoms with van der Waals surface area (Å²) in [6, 6.07) is 0. The van der Waals surface area contributed by atoms with Crippen LogP contribution in [0, 0.1) is 5.41 Å². The lowest BCUT2D eigenvalue weighted by Crippen LogP contribution is -2.53. The fourth-order valence-electron chi connectivity index (χ4n) is 2.00. The van der Waals surface area contributed by atoms with Gasteiger partial charge in [0.2, 0.25) is 0 Å². The van der Waals surface area contributed by atoms with E-state index < -0.39 is 20.9 Å². The first-order valence-corrected chi connectivity index (χ1v) is 6.58. The Morgan fingerprint density at radius 3 is 2.29 bits per heavy atom. The van der Waals surface area contributed by atoms with Crippen molar-refractivity contribution < 1.29 is 18.6 Å². The van der Waals surface area contributed by atoms with Crippen molar-refractivity contribution in [1.82, 2.24) is 0 Å². The first-order chi connectivity index (χ1) is 6.22. The van der Waals surface area contributed by atoms with Gasteiger partial charge in [-0.3, -0.25) is 0 Å². The van der Waals surface area contributed by atoms with Gasteiger partial charge in [0.25, 0.3) is 0 Å². The zero-order chi connectivity index (χ0) is 11.0. The molecule has 2 N–H and O–H groups in total. The third-order valence-electron chi connectivity index (χ3n) is 3.21. The average molecular weight is 222 g/mol. The molecule has 1 unspecified atom stereocenters. The monoisotopic (exact) mass is 222 g/mol. The Morgan fingerprint density at radius 1 is 1.43 bits per heavy atom. The van der Waals surface area contributed by atoms with Crippen molar-refractivity contribution in [3.05, 3.63) is 0 Å². The van der Waals surface area contributed by atoms with Gasteiger partial charge in [-0.25, -0.2) is 8.42 Å². The van der Waals surface area contributed by atoms with E-state index in [2.05, 4.69) is 0 Å². The molecule has 1 aliphatic heterocycles. The zero-order valence-electron chi connectivity index (χ0n) is 8.65. The molecule has 1 fully saturated rings. The maximum atomic E-state index is 11.4. The molecule has 1 atom stereocenters. The molecule has 84 valence electrons. The van der Waals surface area contributed by atoms with Crippen molar-refractivity contribution in [1.29, 1.82) is 0 Å². The van der Waals surface area contributed by atoms with Crippen LogP contribution in [0.1, 0.15) is 26.7 Å². The number of rotatable bonds is 2. The van der Waals surface area contributed by atoms with Crippen LogP contribution in [-0.2, 0) is 9.84 Å². The molecule has 0 amide bonds. The second kappa shape index (κ2) is 3.47. The van der Waals surface area contributed by atoms with Gasteiger partial charge in [0, 0.05) is 5.41 Å². The van der Waals surface area contributed by atoms with Gasteiger partial charge in [0.15, 0.2) is 9.84 Å². The highest BCUT2D eigenvalue weighted by Crippen LogP contribution is 2.40. The first kappa shape index (κ1) is 11.9. The van der Waals surface area contributed by atoms with E-state index in [1.54, 1.807) is 13.8 Å². The van der Waals surface area contributed by atoms with Crippen molar-refractivity contribution in [3.8, 4) is 0 Å². The molecule has 1 heterocycles. The smallest absolute Gasteiger partial charge is 0.151 e. The van der Waals surface area contributed by atoms with E-state index in [-0.39, 0.29) is 18.1 Å². The molecule has 0 spiro atoms. The zero-order valence-corrected chi connectivity index (χ0v) is 9.47. The molecule has 1 aliphatic rings. The molecule has 0 saturated carbocycles. The summed E-state index contributed by atoms with van der Waals surface area (Å²) in [6.07, 6.45) is 1.08. The third-order valence-corrected chi connectivity index (χ3v) is 5.11. The predicted octanol–water partition coefficient (Wildman–Crippen LogP) is -0.0554. The highest BCUT2D eigenvalue weighted by molar-refractivity contribution is 7.91. The van der Waals surface area contributed by atoms with Crippen molar-refractivity contribution in [2.75, 3.05) is 18.1 Å². The summed E-state index contributed by atoms with van der Waals surface area (Å²) in [5.74, 6) is 0.0603. The molecule has 14 heavy (non-hydrogen) atoms. The van der Waals surface area contributed by atoms with Crippen LogP contribution in [0.5, 0.6) is 0 Å². The van der Waals surface area contributed by atoms with Crippen molar-refractivity contribution in [2.45, 2.75) is 32.3 Å². The van der Waals surface area contributed by atoms with E-state index in [1.807, 2.05) is 0 Å². The van der Waals surface area contributed by atoms with Crippen LogP contribution in [0.3, 0.4) is 0 Å². The lowest BCUT2D eigenvalue weighted by atomic mass is 9.72. The highest BCUT2D eigenvalue weighted by atomic mass is 32.2. The van der Waals surface area contributed by atoms with Crippen LogP contribution >= 0.6 is 0 Å². The van der Waals surface area contributed by atoms with E-state index >= 15 is 0 Å². The van der Waals surface area contributed by atoms with Gasteiger partial charge in [-0.2, -0.15) is 0 Å². The Morgan fingerprint density at radius 2 is 2.00 bits per heavy atom. The summed E-state index contributed by atoms with van der Waals surface area (Å²) in [7, 11) is -3.11. The number of sulfone groups is 1. The van der Waals surface area contributed by atoms with Gasteiger partial charge in [-0.05, 0) is 26.7 Å². The number of hydrogen-bond donors (Lipinski definition) is 2. The number of aliphatic hydroxyl groups excluding tert-OH is 1. The van der Waals surface area contributed by atoms with E-state index in [1.165, 1.54) is 0 Å². The fraction of sp³-hybridized carbons (Fsp3) is 1.00. The molecule has 5 heteroatoms. The second-order valence-electron chi connectivity index (χ2n) is 4.69. The molecule has 0 aromatic rings. The molecule has 1 saturated heterocycles. The van der Waals surface area contributed by atoms with E-state index in [0.717, 1.165) is 0 Å². The molecule has 0 aliphatic carbocycles. The summed E-state index contributed by atoms with van der Waals surface area (Å²) in [6.45, 7) is 2.84. The van der Waals surface area contributed by atoms with Crippen molar-refractivity contribution in [2.24, 2.45) is 5.41 Å². The summed E-state index contributed by atoms with van der Waals surface area (Å²) in [5, 5.41) is 19.2. The summed E-state index contributed by atoms with van der Waals surface area (Å²) < 4.78 is 22.9. The first-order valence-electron chi connectivity index (χ1n) is 4.76. The molecule has 0 radical (unpaired) electrons. The van der Waals surface area contributed by atoms with Gasteiger partial charge < -0.3 is 10.2 Å². The standard InChI is InChI=1S/C9H18O4S/c1-8(2,11)9(6-10)4-3-5-14(12,13)7-9/h10-11H,3-7H2,1-2H3. The maximum Gasteiger partial charge on any atom is 0.151 e. The van der Waals surface area contributed by atoms with Crippen LogP contribution in [-0.4, -0.2) is 42.3 Å². The maximum absolute atomic E-state index is 11.4. The van der Waals surface area contributed by atoms with Gasteiger partial charge in [-0.1, -0.05) is 0 Å². The molecule has 0 aromatic heterocycles. The largest absolute Gasteiger partial charge is 0.396 e. The Bertz CT molecular complexity index is 301. The minimum Gasteiger partial charge on any atom is -0.396 e. The minimum atomic E-state index is -3.11. The molecular weight excluding hydrogens is 204 g/mol. The van der Waals surface area contributed by atoms with Crippen LogP contribution in [0.25, 0.3) is 0 Å². The van der Waals surface area contributed by atoms with E-state index in [9.17, 15) is 18.6 Å². The van der Waals surface area contributed by atoms with Crippen molar-refractivity contribution in [3.63, 3.8) is 0 Å². The topological polar surface area (TPSA) is 74.6 Å². The lowest BCUT2D eigenvalue weighted by molar-refractivity contribution is -0.0778. The second-order valence-corrected chi connectivity index (χ2v) is 6.88. The molecule has 4 nitrogen and oxygen atoms in total. The number of hydrogen-bond acceptors (Lipinski definition) is 4. The van der Waals surface area contributed by atoms with Crippen LogP contribution in [0.2, 0.25) is 0 Å². The quantitative estimate of drug-likeness (QED) is 0.686. The van der Waals surface area contributed by atoms with E-state index in [4.69, 9.17) is 0 Å². The molecule has 1 rings (SSSR count). The summed E-state index contributed by atoms with van der Waals surface area (Å²) in [5.41, 5.74) is -2.04. The van der Waals surface area contributed by atoms with Gasteiger partial charge in [-0.15, -0.1) is 0 Å². The Hall–Kier alpha value is -0.130. The predicted molar refractivity (Wildman–Crippen MR) is 53.7 cm³/mol. The van der Waals surface area contributed by atoms with Crippen LogP contribution in [0.15, 0.2) is 0 Å². The molecule has 0 aromatic carbocycles. The minimum absolute atomic E-state index is 0.111. The molecule has 0 bridgehead atoms. The SMILES string of the molecule is CC(C)(O)C1(CO)CCCS(=O)(=O)C1. The Kier molecular flexibility index (Phi) is 2.96. The average Bonchev–Trinajstić information content (AvgIpc) is 2.00. The van der Waals surface area contributed by atoms with Crippen molar-refractivity contribution >= 4 is 9.84 Å². The van der Waals surface area contributed by atoms with Crippen LogP contribution < -0.4 is 0 Å². The normalized spacial score (nSPS) is 32.9. The van der Waals surface area contributed by atoms with Gasteiger partial charge in [0.1, 0.15) is 0 Å². The van der Waals surface area contributed by atoms with Gasteiger partial charge in [0.05, 0.1) is 23.7 Å². The Balaban J connectivity index is 3.02. The Labute approximate surface area is 84.9 Å². The fourth-order valence-corrected chi connectivity index (χ4v) is 4.16. The summed E-state index contributed by atoms with van der Waals surface area (Å²) >= 11 is 0. The lowest BCUT2D eigenvalue weighted by Gasteiger charge is -2.44. The number of aliphatic hydroxyl groups is 2. The highest BCUT2D eigenvalue weighted by Gasteiger charge is 2.48. The summed E-state index contributed by atoms with van der Waals surface area (Å²) in [4.78, 5) is 0.